The molecule has 2 aliphatic rings. The van der Waals surface area contributed by atoms with Gasteiger partial charge in [0.2, 0.25) is 11.8 Å². The zero-order valence-electron chi connectivity index (χ0n) is 22.4. The Labute approximate surface area is 221 Å². The third kappa shape index (κ3) is 4.97. The lowest BCUT2D eigenvalue weighted by Gasteiger charge is -2.40. The van der Waals surface area contributed by atoms with Crippen LogP contribution in [0.15, 0.2) is 35.1 Å². The second-order valence-electron chi connectivity index (χ2n) is 10.3. The average molecular weight is 525 g/mol. The molecule has 1 aromatic carbocycles. The number of nitrogens with one attached hydrogen (secondary N) is 3. The molecule has 0 unspecified atom stereocenters. The van der Waals surface area contributed by atoms with Crippen molar-refractivity contribution in [3.8, 4) is 5.69 Å². The SMILES string of the molecule is CC[C@](C)(C(=O)NC1CCCCC1)N(C(=O)C[C@@H]1NC(=O)NC1=O)c1c(C)n(C)n(-c2ccccc2)c1=O. The molecule has 2 atom stereocenters. The summed E-state index contributed by atoms with van der Waals surface area (Å²) < 4.78 is 3.09. The summed E-state index contributed by atoms with van der Waals surface area (Å²) in [5, 5.41) is 7.69. The van der Waals surface area contributed by atoms with Gasteiger partial charge >= 0.3 is 6.03 Å². The fourth-order valence-corrected chi connectivity index (χ4v) is 5.33. The molecule has 2 aromatic rings. The second kappa shape index (κ2) is 10.8. The number of benzene rings is 1. The molecule has 2 heterocycles. The van der Waals surface area contributed by atoms with E-state index in [1.54, 1.807) is 44.6 Å². The number of rotatable bonds is 8. The van der Waals surface area contributed by atoms with Crippen molar-refractivity contribution in [2.45, 2.75) is 83.3 Å². The van der Waals surface area contributed by atoms with Crippen LogP contribution in [0, 0.1) is 6.92 Å². The molecule has 1 aliphatic heterocycles. The van der Waals surface area contributed by atoms with Crippen LogP contribution >= 0.6 is 0 Å². The maximum Gasteiger partial charge on any atom is 0.322 e. The van der Waals surface area contributed by atoms with Gasteiger partial charge in [-0.25, -0.2) is 9.48 Å². The van der Waals surface area contributed by atoms with E-state index in [-0.39, 0.29) is 24.1 Å². The molecule has 5 amide bonds. The van der Waals surface area contributed by atoms with Gasteiger partial charge in [-0.05, 0) is 45.2 Å². The van der Waals surface area contributed by atoms with Gasteiger partial charge in [-0.3, -0.25) is 34.1 Å². The molecule has 1 aliphatic carbocycles. The van der Waals surface area contributed by atoms with Crippen LogP contribution in [0.3, 0.4) is 0 Å². The molecule has 0 spiro atoms. The number of carbonyl (C=O) groups is 4. The van der Waals surface area contributed by atoms with Crippen LogP contribution in [0.1, 0.15) is 64.5 Å². The predicted molar refractivity (Wildman–Crippen MR) is 142 cm³/mol. The highest BCUT2D eigenvalue weighted by Crippen LogP contribution is 2.31. The first kappa shape index (κ1) is 27.2. The van der Waals surface area contributed by atoms with E-state index in [1.807, 2.05) is 18.2 Å². The highest BCUT2D eigenvalue weighted by Gasteiger charge is 2.46. The van der Waals surface area contributed by atoms with Crippen molar-refractivity contribution in [2.24, 2.45) is 7.05 Å². The number of amides is 5. The van der Waals surface area contributed by atoms with Crippen molar-refractivity contribution in [3.63, 3.8) is 0 Å². The topological polar surface area (TPSA) is 135 Å². The van der Waals surface area contributed by atoms with Crippen molar-refractivity contribution in [3.05, 3.63) is 46.4 Å². The number of para-hydroxylation sites is 1. The molecule has 38 heavy (non-hydrogen) atoms. The second-order valence-corrected chi connectivity index (χ2v) is 10.3. The van der Waals surface area contributed by atoms with E-state index >= 15 is 0 Å². The molecule has 1 saturated carbocycles. The minimum Gasteiger partial charge on any atom is -0.351 e. The Morgan fingerprint density at radius 3 is 2.34 bits per heavy atom. The average Bonchev–Trinajstić information content (AvgIpc) is 3.33. The summed E-state index contributed by atoms with van der Waals surface area (Å²) in [7, 11) is 1.71. The summed E-state index contributed by atoms with van der Waals surface area (Å²) >= 11 is 0. The summed E-state index contributed by atoms with van der Waals surface area (Å²) in [6, 6.07) is 7.23. The van der Waals surface area contributed by atoms with E-state index in [4.69, 9.17) is 0 Å². The Morgan fingerprint density at radius 2 is 1.76 bits per heavy atom. The van der Waals surface area contributed by atoms with Crippen LogP contribution in [0.2, 0.25) is 0 Å². The monoisotopic (exact) mass is 524 g/mol. The van der Waals surface area contributed by atoms with Crippen LogP contribution in [-0.2, 0) is 21.4 Å². The molecule has 0 radical (unpaired) electrons. The standard InChI is InChI=1S/C27H36N6O5/c1-5-27(3,25(37)28-18-12-8-6-9-13-18)32(21(34)16-20-23(35)30-26(38)29-20)22-17(2)31(4)33(24(22)36)19-14-10-7-11-15-19/h7,10-11,14-15,18,20H,5-6,8-9,12-13,16H2,1-4H3,(H,28,37)(H2,29,30,35,38)/t20-,27+/m0/s1. The first-order chi connectivity index (χ1) is 18.1. The molecule has 204 valence electrons. The summed E-state index contributed by atoms with van der Waals surface area (Å²) in [6.45, 7) is 5.16. The third-order valence-corrected chi connectivity index (χ3v) is 7.85. The molecule has 4 rings (SSSR count). The first-order valence-electron chi connectivity index (χ1n) is 13.2. The Kier molecular flexibility index (Phi) is 7.75. The predicted octanol–water partition coefficient (Wildman–Crippen LogP) is 2.03. The number of hydrogen-bond donors (Lipinski definition) is 3. The summed E-state index contributed by atoms with van der Waals surface area (Å²) in [5.74, 6) is -1.59. The largest absolute Gasteiger partial charge is 0.351 e. The maximum absolute atomic E-state index is 14.0. The lowest BCUT2D eigenvalue weighted by atomic mass is 9.90. The number of imide groups is 1. The number of nitrogens with zero attached hydrogens (tertiary/aromatic N) is 3. The number of anilines is 1. The fourth-order valence-electron chi connectivity index (χ4n) is 5.33. The van der Waals surface area contributed by atoms with Crippen LogP contribution in [-0.4, -0.2) is 50.7 Å². The van der Waals surface area contributed by atoms with Crippen molar-refractivity contribution >= 4 is 29.4 Å². The van der Waals surface area contributed by atoms with E-state index in [9.17, 15) is 24.0 Å². The summed E-state index contributed by atoms with van der Waals surface area (Å²) in [5.41, 5.74) is -0.733. The molecule has 1 saturated heterocycles. The van der Waals surface area contributed by atoms with E-state index < -0.39 is 41.4 Å². The number of aromatic nitrogens is 2. The minimum absolute atomic E-state index is 0.00294. The van der Waals surface area contributed by atoms with Gasteiger partial charge in [-0.1, -0.05) is 44.4 Å². The summed E-state index contributed by atoms with van der Waals surface area (Å²) in [4.78, 5) is 67.0. The molecule has 3 N–H and O–H groups in total. The third-order valence-electron chi connectivity index (χ3n) is 7.85. The molecule has 1 aromatic heterocycles. The van der Waals surface area contributed by atoms with Gasteiger partial charge in [0, 0.05) is 13.1 Å². The van der Waals surface area contributed by atoms with Crippen molar-refractivity contribution < 1.29 is 19.2 Å². The van der Waals surface area contributed by atoms with E-state index in [0.717, 1.165) is 32.1 Å². The first-order valence-corrected chi connectivity index (χ1v) is 13.2. The van der Waals surface area contributed by atoms with Gasteiger partial charge in [0.25, 0.3) is 11.5 Å². The van der Waals surface area contributed by atoms with Gasteiger partial charge in [0.05, 0.1) is 17.8 Å². The molecule has 0 bridgehead atoms. The van der Waals surface area contributed by atoms with Gasteiger partial charge < -0.3 is 10.6 Å². The van der Waals surface area contributed by atoms with Crippen molar-refractivity contribution in [1.82, 2.24) is 25.3 Å². The zero-order chi connectivity index (χ0) is 27.6. The summed E-state index contributed by atoms with van der Waals surface area (Å²) in [6.07, 6.45) is 4.71. The molecule has 11 heteroatoms. The Morgan fingerprint density at radius 1 is 1.11 bits per heavy atom. The van der Waals surface area contributed by atoms with Crippen molar-refractivity contribution in [2.75, 3.05) is 4.90 Å². The lowest BCUT2D eigenvalue weighted by Crippen LogP contribution is -2.62. The number of urea groups is 1. The number of hydrogen-bond acceptors (Lipinski definition) is 5. The highest BCUT2D eigenvalue weighted by atomic mass is 16.2. The lowest BCUT2D eigenvalue weighted by molar-refractivity contribution is -0.131. The van der Waals surface area contributed by atoms with Crippen molar-refractivity contribution in [1.29, 1.82) is 0 Å². The molecular formula is C27H36N6O5. The van der Waals surface area contributed by atoms with Gasteiger partial charge in [0.1, 0.15) is 17.3 Å². The normalized spacial score (nSPS) is 19.4. The Bertz CT molecular complexity index is 1290. The van der Waals surface area contributed by atoms with E-state index in [0.29, 0.717) is 11.4 Å². The van der Waals surface area contributed by atoms with E-state index in [2.05, 4.69) is 16.0 Å². The van der Waals surface area contributed by atoms with Crippen LogP contribution < -0.4 is 26.4 Å². The zero-order valence-corrected chi connectivity index (χ0v) is 22.4. The molecule has 11 nitrogen and oxygen atoms in total. The molecular weight excluding hydrogens is 488 g/mol. The van der Waals surface area contributed by atoms with E-state index in [1.165, 1.54) is 9.58 Å². The highest BCUT2D eigenvalue weighted by molar-refractivity contribution is 6.09. The minimum atomic E-state index is -1.42. The number of carbonyl (C=O) groups excluding carboxylic acids is 4. The fraction of sp³-hybridized carbons (Fsp3) is 0.519. The van der Waals surface area contributed by atoms with Gasteiger partial charge in [-0.15, -0.1) is 0 Å². The van der Waals surface area contributed by atoms with Gasteiger partial charge in [-0.2, -0.15) is 0 Å². The van der Waals surface area contributed by atoms with Gasteiger partial charge in [0.15, 0.2) is 0 Å². The van der Waals surface area contributed by atoms with Crippen LogP contribution in [0.25, 0.3) is 5.69 Å². The maximum atomic E-state index is 14.0. The van der Waals surface area contributed by atoms with Crippen LogP contribution in [0.4, 0.5) is 10.5 Å². The Balaban J connectivity index is 1.81. The van der Waals surface area contributed by atoms with Crippen LogP contribution in [0.5, 0.6) is 0 Å². The quantitative estimate of drug-likeness (QED) is 0.454. The smallest absolute Gasteiger partial charge is 0.322 e. The Hall–Kier alpha value is -3.89. The molecule has 2 fully saturated rings.